The third kappa shape index (κ3) is 2.71. The maximum Gasteiger partial charge on any atom is 0.106 e. The highest BCUT2D eigenvalue weighted by atomic mass is 16.6. The van der Waals surface area contributed by atoms with E-state index < -0.39 is 0 Å². The van der Waals surface area contributed by atoms with Crippen molar-refractivity contribution < 1.29 is 4.84 Å². The average Bonchev–Trinajstić information content (AvgIpc) is 2.04. The van der Waals surface area contributed by atoms with Gasteiger partial charge in [-0.3, -0.25) is 0 Å². The first-order chi connectivity index (χ1) is 6.15. The Bertz CT molecular complexity index is 187. The van der Waals surface area contributed by atoms with Gasteiger partial charge in [-0.1, -0.05) is 25.9 Å². The van der Waals surface area contributed by atoms with E-state index in [2.05, 4.69) is 25.9 Å². The van der Waals surface area contributed by atoms with E-state index in [1.807, 2.05) is 0 Å². The molecule has 0 heterocycles. The summed E-state index contributed by atoms with van der Waals surface area (Å²) in [5, 5.41) is 4.04. The molecule has 0 aromatic carbocycles. The molecule has 0 saturated heterocycles. The zero-order chi connectivity index (χ0) is 9.84. The fraction of sp³-hybridized carbons (Fsp3) is 0.909. The van der Waals surface area contributed by atoms with Gasteiger partial charge in [-0.05, 0) is 37.0 Å². The first-order valence-electron chi connectivity index (χ1n) is 5.24. The van der Waals surface area contributed by atoms with Crippen molar-refractivity contribution in [3.05, 3.63) is 0 Å². The van der Waals surface area contributed by atoms with Crippen molar-refractivity contribution in [3.63, 3.8) is 0 Å². The number of oxime groups is 1. The van der Waals surface area contributed by atoms with Gasteiger partial charge in [0.15, 0.2) is 0 Å². The molecule has 1 aliphatic carbocycles. The fourth-order valence-electron chi connectivity index (χ4n) is 2.45. The number of hydrogen-bond acceptors (Lipinski definition) is 2. The van der Waals surface area contributed by atoms with Gasteiger partial charge in [-0.25, -0.2) is 0 Å². The van der Waals surface area contributed by atoms with Crippen LogP contribution in [-0.2, 0) is 4.84 Å². The minimum atomic E-state index is 0.766. The van der Waals surface area contributed by atoms with Gasteiger partial charge in [-0.15, -0.1) is 0 Å². The van der Waals surface area contributed by atoms with Crippen LogP contribution >= 0.6 is 0 Å². The molecule has 2 nitrogen and oxygen atoms in total. The Labute approximate surface area is 81.3 Å². The monoisotopic (exact) mass is 183 g/mol. The summed E-state index contributed by atoms with van der Waals surface area (Å²) < 4.78 is 0. The van der Waals surface area contributed by atoms with Gasteiger partial charge in [-0.2, -0.15) is 0 Å². The van der Waals surface area contributed by atoms with E-state index in [1.165, 1.54) is 12.1 Å². The van der Waals surface area contributed by atoms with Crippen LogP contribution in [0, 0.1) is 17.8 Å². The summed E-state index contributed by atoms with van der Waals surface area (Å²) in [6.45, 7) is 6.97. The summed E-state index contributed by atoms with van der Waals surface area (Å²) >= 11 is 0. The molecule has 0 aromatic heterocycles. The maximum absolute atomic E-state index is 4.81. The third-order valence-electron chi connectivity index (χ3n) is 3.13. The summed E-state index contributed by atoms with van der Waals surface area (Å²) in [5.41, 5.74) is 1.24. The predicted octanol–water partition coefficient (Wildman–Crippen LogP) is 3.08. The van der Waals surface area contributed by atoms with Crippen molar-refractivity contribution in [3.8, 4) is 0 Å². The smallest absolute Gasteiger partial charge is 0.106 e. The van der Waals surface area contributed by atoms with Crippen molar-refractivity contribution >= 4 is 5.71 Å². The number of rotatable bonds is 2. The highest BCUT2D eigenvalue weighted by Crippen LogP contribution is 2.33. The van der Waals surface area contributed by atoms with Crippen molar-refractivity contribution in [2.45, 2.75) is 40.0 Å². The molecule has 0 bridgehead atoms. The zero-order valence-corrected chi connectivity index (χ0v) is 9.21. The molecule has 1 saturated carbocycles. The largest absolute Gasteiger partial charge is 0.399 e. The first kappa shape index (κ1) is 10.6. The molecule has 13 heavy (non-hydrogen) atoms. The molecular weight excluding hydrogens is 162 g/mol. The van der Waals surface area contributed by atoms with Crippen molar-refractivity contribution in [1.82, 2.24) is 0 Å². The number of hydrogen-bond donors (Lipinski definition) is 0. The highest BCUT2D eigenvalue weighted by Gasteiger charge is 2.27. The topological polar surface area (TPSA) is 21.6 Å². The molecule has 0 spiro atoms. The summed E-state index contributed by atoms with van der Waals surface area (Å²) in [5.74, 6) is 2.44. The molecule has 2 unspecified atom stereocenters. The SMILES string of the molecule is CO/N=C1\CCC(C(C)C)C(C)C1. The Hall–Kier alpha value is -0.530. The van der Waals surface area contributed by atoms with Gasteiger partial charge in [0, 0.05) is 0 Å². The van der Waals surface area contributed by atoms with E-state index in [0.29, 0.717) is 0 Å². The Morgan fingerprint density at radius 3 is 2.62 bits per heavy atom. The second-order valence-electron chi connectivity index (χ2n) is 4.47. The van der Waals surface area contributed by atoms with Gasteiger partial charge in [0.2, 0.25) is 0 Å². The highest BCUT2D eigenvalue weighted by molar-refractivity contribution is 5.84. The molecule has 1 fully saturated rings. The number of nitrogens with zero attached hydrogens (tertiary/aromatic N) is 1. The van der Waals surface area contributed by atoms with Crippen LogP contribution < -0.4 is 0 Å². The fourth-order valence-corrected chi connectivity index (χ4v) is 2.45. The Balaban J connectivity index is 2.51. The lowest BCUT2D eigenvalue weighted by Gasteiger charge is -2.32. The lowest BCUT2D eigenvalue weighted by atomic mass is 9.74. The molecule has 0 amide bonds. The van der Waals surface area contributed by atoms with Crippen LogP contribution in [0.1, 0.15) is 40.0 Å². The lowest BCUT2D eigenvalue weighted by Crippen LogP contribution is -2.26. The van der Waals surface area contributed by atoms with Gasteiger partial charge >= 0.3 is 0 Å². The van der Waals surface area contributed by atoms with Crippen molar-refractivity contribution in [1.29, 1.82) is 0 Å². The van der Waals surface area contributed by atoms with Gasteiger partial charge in [0.05, 0.1) is 5.71 Å². The third-order valence-corrected chi connectivity index (χ3v) is 3.13. The molecule has 1 rings (SSSR count). The lowest BCUT2D eigenvalue weighted by molar-refractivity contribution is 0.200. The first-order valence-corrected chi connectivity index (χ1v) is 5.24. The van der Waals surface area contributed by atoms with Crippen LogP contribution in [0.4, 0.5) is 0 Å². The van der Waals surface area contributed by atoms with E-state index in [-0.39, 0.29) is 0 Å². The van der Waals surface area contributed by atoms with Gasteiger partial charge < -0.3 is 4.84 Å². The Kier molecular flexibility index (Phi) is 3.76. The van der Waals surface area contributed by atoms with Crippen LogP contribution in [-0.4, -0.2) is 12.8 Å². The Morgan fingerprint density at radius 2 is 2.15 bits per heavy atom. The maximum atomic E-state index is 4.81. The van der Waals surface area contributed by atoms with Crippen LogP contribution in [0.15, 0.2) is 5.16 Å². The molecule has 0 aromatic rings. The predicted molar refractivity (Wildman–Crippen MR) is 55.8 cm³/mol. The van der Waals surface area contributed by atoms with Crippen LogP contribution in [0.3, 0.4) is 0 Å². The van der Waals surface area contributed by atoms with Crippen LogP contribution in [0.2, 0.25) is 0 Å². The van der Waals surface area contributed by atoms with Crippen molar-refractivity contribution in [2.24, 2.45) is 22.9 Å². The zero-order valence-electron chi connectivity index (χ0n) is 9.21. The molecule has 76 valence electrons. The van der Waals surface area contributed by atoms with Gasteiger partial charge in [0.1, 0.15) is 7.11 Å². The summed E-state index contributed by atoms with van der Waals surface area (Å²) in [6.07, 6.45) is 3.53. The summed E-state index contributed by atoms with van der Waals surface area (Å²) in [6, 6.07) is 0. The van der Waals surface area contributed by atoms with Crippen LogP contribution in [0.5, 0.6) is 0 Å². The second-order valence-corrected chi connectivity index (χ2v) is 4.47. The molecule has 0 radical (unpaired) electrons. The standard InChI is InChI=1S/C11H21NO/c1-8(2)11-6-5-10(12-13-4)7-9(11)3/h8-9,11H,5-7H2,1-4H3/b12-10+. The van der Waals surface area contributed by atoms with Crippen molar-refractivity contribution in [2.75, 3.05) is 7.11 Å². The molecule has 2 atom stereocenters. The minimum Gasteiger partial charge on any atom is -0.399 e. The molecule has 0 aliphatic heterocycles. The minimum absolute atomic E-state index is 0.766. The average molecular weight is 183 g/mol. The van der Waals surface area contributed by atoms with E-state index >= 15 is 0 Å². The Morgan fingerprint density at radius 1 is 1.46 bits per heavy atom. The molecule has 2 heteroatoms. The quantitative estimate of drug-likeness (QED) is 0.603. The van der Waals surface area contributed by atoms with E-state index in [0.717, 1.165) is 30.6 Å². The second kappa shape index (κ2) is 4.64. The van der Waals surface area contributed by atoms with Crippen LogP contribution in [0.25, 0.3) is 0 Å². The normalized spacial score (nSPS) is 32.5. The molecule has 1 aliphatic rings. The van der Waals surface area contributed by atoms with E-state index in [4.69, 9.17) is 4.84 Å². The van der Waals surface area contributed by atoms with E-state index in [9.17, 15) is 0 Å². The van der Waals surface area contributed by atoms with E-state index in [1.54, 1.807) is 7.11 Å². The summed E-state index contributed by atoms with van der Waals surface area (Å²) in [4.78, 5) is 4.81. The molecular formula is C11H21NO. The van der Waals surface area contributed by atoms with Gasteiger partial charge in [0.25, 0.3) is 0 Å². The molecule has 0 N–H and O–H groups in total. The summed E-state index contributed by atoms with van der Waals surface area (Å²) in [7, 11) is 1.63.